The van der Waals surface area contributed by atoms with Gasteiger partial charge in [-0.15, -0.1) is 0 Å². The fourth-order valence-electron chi connectivity index (χ4n) is 7.69. The zero-order valence-corrected chi connectivity index (χ0v) is 38.8. The average Bonchev–Trinajstić information content (AvgIpc) is 3.19. The molecule has 1 atom stereocenters. The lowest BCUT2D eigenvalue weighted by Gasteiger charge is -2.18. The van der Waals surface area contributed by atoms with Gasteiger partial charge in [-0.3, -0.25) is 14.4 Å². The molecule has 0 saturated carbocycles. The summed E-state index contributed by atoms with van der Waals surface area (Å²) in [6, 6.07) is 0. The van der Waals surface area contributed by atoms with Gasteiger partial charge < -0.3 is 14.2 Å². The Morgan fingerprint density at radius 3 is 0.860 bits per heavy atom. The lowest BCUT2D eigenvalue weighted by molar-refractivity contribution is -0.167. The van der Waals surface area contributed by atoms with Crippen LogP contribution in [0, 0.1) is 5.92 Å². The summed E-state index contributed by atoms with van der Waals surface area (Å²) in [4.78, 5) is 37.7. The molecule has 0 unspecified atom stereocenters. The van der Waals surface area contributed by atoms with Crippen LogP contribution in [0.25, 0.3) is 0 Å². The Bertz CT molecular complexity index is 857. The SMILES string of the molecule is CCCCCCCCCCCCCCCCCCCC(=O)O[C@@H](COC(=O)CCCCCCCCC)COC(=O)CCCCCCCCCCCCCCC(C)C. The molecule has 0 rings (SSSR count). The zero-order valence-electron chi connectivity index (χ0n) is 38.8. The maximum atomic E-state index is 12.7. The second-order valence-corrected chi connectivity index (χ2v) is 17.9. The second kappa shape index (κ2) is 45.5. The van der Waals surface area contributed by atoms with Gasteiger partial charge in [0.25, 0.3) is 0 Å². The van der Waals surface area contributed by atoms with Gasteiger partial charge in [0, 0.05) is 19.3 Å². The van der Waals surface area contributed by atoms with Gasteiger partial charge in [-0.05, 0) is 25.2 Å². The van der Waals surface area contributed by atoms with Crippen LogP contribution in [-0.2, 0) is 28.6 Å². The van der Waals surface area contributed by atoms with Gasteiger partial charge in [0.2, 0.25) is 0 Å². The molecule has 6 nitrogen and oxygen atoms in total. The largest absolute Gasteiger partial charge is 0.462 e. The lowest BCUT2D eigenvalue weighted by Crippen LogP contribution is -2.30. The normalized spacial score (nSPS) is 11.9. The number of rotatable bonds is 46. The van der Waals surface area contributed by atoms with E-state index < -0.39 is 6.10 Å². The molecular formula is C51H98O6. The molecule has 338 valence electrons. The predicted molar refractivity (Wildman–Crippen MR) is 243 cm³/mol. The monoisotopic (exact) mass is 807 g/mol. The summed E-state index contributed by atoms with van der Waals surface area (Å²) >= 11 is 0. The van der Waals surface area contributed by atoms with Gasteiger partial charge in [-0.1, -0.05) is 246 Å². The molecule has 0 bridgehead atoms. The predicted octanol–water partition coefficient (Wildman–Crippen LogP) is 16.3. The fourth-order valence-corrected chi connectivity index (χ4v) is 7.69. The first-order valence-corrected chi connectivity index (χ1v) is 25.4. The zero-order chi connectivity index (χ0) is 41.7. The Morgan fingerprint density at radius 1 is 0.333 bits per heavy atom. The van der Waals surface area contributed by atoms with Crippen molar-refractivity contribution in [3.63, 3.8) is 0 Å². The summed E-state index contributed by atoms with van der Waals surface area (Å²) < 4.78 is 16.7. The second-order valence-electron chi connectivity index (χ2n) is 17.9. The molecule has 0 aliphatic carbocycles. The van der Waals surface area contributed by atoms with Crippen LogP contribution in [-0.4, -0.2) is 37.2 Å². The van der Waals surface area contributed by atoms with Crippen LogP contribution in [0.1, 0.15) is 285 Å². The van der Waals surface area contributed by atoms with E-state index in [-0.39, 0.29) is 31.1 Å². The highest BCUT2D eigenvalue weighted by molar-refractivity contribution is 5.71. The number of ether oxygens (including phenoxy) is 3. The van der Waals surface area contributed by atoms with Gasteiger partial charge in [0.05, 0.1) is 0 Å². The number of carbonyl (C=O) groups excluding carboxylic acids is 3. The van der Waals surface area contributed by atoms with Crippen molar-refractivity contribution in [2.24, 2.45) is 5.92 Å². The van der Waals surface area contributed by atoms with E-state index in [1.807, 2.05) is 0 Å². The van der Waals surface area contributed by atoms with Crippen LogP contribution >= 0.6 is 0 Å². The summed E-state index contributed by atoms with van der Waals surface area (Å²) in [7, 11) is 0. The highest BCUT2D eigenvalue weighted by Crippen LogP contribution is 2.17. The molecule has 0 saturated heterocycles. The van der Waals surface area contributed by atoms with Crippen LogP contribution in [0.2, 0.25) is 0 Å². The minimum Gasteiger partial charge on any atom is -0.462 e. The summed E-state index contributed by atoms with van der Waals surface area (Å²) in [5.74, 6) is -0.0187. The number of carbonyl (C=O) groups is 3. The molecule has 0 aliphatic rings. The smallest absolute Gasteiger partial charge is 0.306 e. The van der Waals surface area contributed by atoms with Crippen molar-refractivity contribution in [2.45, 2.75) is 291 Å². The van der Waals surface area contributed by atoms with Crippen molar-refractivity contribution in [3.8, 4) is 0 Å². The lowest BCUT2D eigenvalue weighted by atomic mass is 10.0. The van der Waals surface area contributed by atoms with Crippen molar-refractivity contribution in [2.75, 3.05) is 13.2 Å². The molecule has 0 aromatic heterocycles. The summed E-state index contributed by atoms with van der Waals surface area (Å²) in [5, 5.41) is 0. The highest BCUT2D eigenvalue weighted by atomic mass is 16.6. The van der Waals surface area contributed by atoms with Crippen molar-refractivity contribution in [1.29, 1.82) is 0 Å². The third-order valence-electron chi connectivity index (χ3n) is 11.5. The van der Waals surface area contributed by atoms with E-state index in [0.717, 1.165) is 63.7 Å². The van der Waals surface area contributed by atoms with Crippen LogP contribution in [0.4, 0.5) is 0 Å². The van der Waals surface area contributed by atoms with Crippen molar-refractivity contribution >= 4 is 17.9 Å². The first-order chi connectivity index (χ1) is 27.9. The van der Waals surface area contributed by atoms with Gasteiger partial charge in [0.15, 0.2) is 6.10 Å². The maximum Gasteiger partial charge on any atom is 0.306 e. The molecule has 6 heteroatoms. The molecule has 0 heterocycles. The molecule has 57 heavy (non-hydrogen) atoms. The Balaban J connectivity index is 4.20. The first kappa shape index (κ1) is 55.4. The van der Waals surface area contributed by atoms with E-state index in [1.165, 1.54) is 180 Å². The van der Waals surface area contributed by atoms with Crippen LogP contribution in [0.5, 0.6) is 0 Å². The summed E-state index contributed by atoms with van der Waals surface area (Å²) in [6.45, 7) is 8.99. The topological polar surface area (TPSA) is 78.9 Å². The minimum absolute atomic E-state index is 0.0634. The minimum atomic E-state index is -0.759. The Hall–Kier alpha value is -1.59. The Kier molecular flexibility index (Phi) is 44.2. The van der Waals surface area contributed by atoms with Crippen molar-refractivity contribution in [1.82, 2.24) is 0 Å². The maximum absolute atomic E-state index is 12.7. The third-order valence-corrected chi connectivity index (χ3v) is 11.5. The average molecular weight is 807 g/mol. The van der Waals surface area contributed by atoms with E-state index in [9.17, 15) is 14.4 Å². The molecule has 0 spiro atoms. The van der Waals surface area contributed by atoms with Gasteiger partial charge >= 0.3 is 17.9 Å². The van der Waals surface area contributed by atoms with Crippen molar-refractivity contribution < 1.29 is 28.6 Å². The van der Waals surface area contributed by atoms with Crippen molar-refractivity contribution in [3.05, 3.63) is 0 Å². The molecular weight excluding hydrogens is 709 g/mol. The van der Waals surface area contributed by atoms with Crippen LogP contribution in [0.15, 0.2) is 0 Å². The Morgan fingerprint density at radius 2 is 0.579 bits per heavy atom. The third kappa shape index (κ3) is 45.3. The highest BCUT2D eigenvalue weighted by Gasteiger charge is 2.19. The summed E-state index contributed by atoms with van der Waals surface area (Å²) in [5.41, 5.74) is 0. The Labute approximate surface area is 355 Å². The fraction of sp³-hybridized carbons (Fsp3) is 0.941. The van der Waals surface area contributed by atoms with E-state index in [0.29, 0.717) is 19.3 Å². The number of hydrogen-bond donors (Lipinski definition) is 0. The quantitative estimate of drug-likeness (QED) is 0.0346. The van der Waals surface area contributed by atoms with E-state index in [2.05, 4.69) is 27.7 Å². The van der Waals surface area contributed by atoms with Gasteiger partial charge in [-0.25, -0.2) is 0 Å². The van der Waals surface area contributed by atoms with E-state index in [4.69, 9.17) is 14.2 Å². The molecule has 0 amide bonds. The van der Waals surface area contributed by atoms with Gasteiger partial charge in [-0.2, -0.15) is 0 Å². The van der Waals surface area contributed by atoms with Gasteiger partial charge in [0.1, 0.15) is 13.2 Å². The molecule has 0 aromatic rings. The molecule has 0 N–H and O–H groups in total. The van der Waals surface area contributed by atoms with Crippen LogP contribution in [0.3, 0.4) is 0 Å². The molecule has 0 aromatic carbocycles. The summed E-state index contributed by atoms with van der Waals surface area (Å²) in [6.07, 6.45) is 46.7. The molecule has 0 aliphatic heterocycles. The molecule has 0 fully saturated rings. The van der Waals surface area contributed by atoms with E-state index in [1.54, 1.807) is 0 Å². The van der Waals surface area contributed by atoms with E-state index >= 15 is 0 Å². The number of hydrogen-bond acceptors (Lipinski definition) is 6. The number of esters is 3. The number of unbranched alkanes of at least 4 members (excludes halogenated alkanes) is 33. The standard InChI is InChI=1S/C51H98O6/c1-5-7-9-11-13-14-15-16-17-18-19-20-25-28-32-36-40-44-51(54)57-48(45-55-49(52)42-38-34-29-12-10-8-6-2)46-56-50(53)43-39-35-31-27-24-22-21-23-26-30-33-37-41-47(3)4/h47-48H,5-46H2,1-4H3/t48-/m0/s1. The first-order valence-electron chi connectivity index (χ1n) is 25.4. The molecule has 0 radical (unpaired) electrons. The van der Waals surface area contributed by atoms with Crippen LogP contribution < -0.4 is 0 Å².